The Kier molecular flexibility index (Phi) is 23.1. The smallest absolute Gasteiger partial charge is 0.0353 e. The summed E-state index contributed by atoms with van der Waals surface area (Å²) in [4.78, 5) is 0. The molecule has 0 aromatic carbocycles. The Balaban J connectivity index is 0. The Labute approximate surface area is 110 Å². The van der Waals surface area contributed by atoms with Crippen molar-refractivity contribution in [2.75, 3.05) is 0 Å². The average Bonchev–Trinajstić information content (AvgIpc) is 2.33. The molecule has 0 aromatic rings. The Morgan fingerprint density at radius 1 is 0.706 bits per heavy atom. The quantitative estimate of drug-likeness (QED) is 0.278. The van der Waals surface area contributed by atoms with Crippen molar-refractivity contribution in [2.45, 2.75) is 84.5 Å². The topological polar surface area (TPSA) is 0 Å². The van der Waals surface area contributed by atoms with E-state index >= 15 is 0 Å². The van der Waals surface area contributed by atoms with Crippen molar-refractivity contribution in [3.8, 4) is 0 Å². The van der Waals surface area contributed by atoms with Crippen LogP contribution in [0.3, 0.4) is 0 Å². The monoisotopic (exact) mass is 238 g/mol. The summed E-state index contributed by atoms with van der Waals surface area (Å²) in [5, 5.41) is 0. The van der Waals surface area contributed by atoms with E-state index in [1.807, 2.05) is 13.0 Å². The maximum Gasteiger partial charge on any atom is -0.0353 e. The van der Waals surface area contributed by atoms with Crippen molar-refractivity contribution >= 4 is 0 Å². The van der Waals surface area contributed by atoms with Crippen molar-refractivity contribution < 1.29 is 0 Å². The van der Waals surface area contributed by atoms with Crippen molar-refractivity contribution in [3.63, 3.8) is 0 Å². The lowest BCUT2D eigenvalue weighted by Gasteiger charge is -2.00. The van der Waals surface area contributed by atoms with E-state index in [2.05, 4.69) is 20.1 Å². The zero-order valence-electron chi connectivity index (χ0n) is 12.3. The molecule has 102 valence electrons. The number of unbranched alkanes of at least 4 members (excludes halogenated alkanes) is 10. The second-order valence-electron chi connectivity index (χ2n) is 4.67. The first-order valence-corrected chi connectivity index (χ1v) is 7.51. The second-order valence-corrected chi connectivity index (χ2v) is 4.67. The predicted molar refractivity (Wildman–Crippen MR) is 82.5 cm³/mol. The van der Waals surface area contributed by atoms with Crippen LogP contribution in [0.25, 0.3) is 0 Å². The van der Waals surface area contributed by atoms with E-state index in [0.717, 1.165) is 0 Å². The molecule has 0 heterocycles. The van der Waals surface area contributed by atoms with Gasteiger partial charge < -0.3 is 0 Å². The fourth-order valence-corrected chi connectivity index (χ4v) is 1.78. The van der Waals surface area contributed by atoms with Crippen LogP contribution >= 0.6 is 0 Å². The van der Waals surface area contributed by atoms with Crippen LogP contribution in [0.15, 0.2) is 25.3 Å². The van der Waals surface area contributed by atoms with E-state index in [1.54, 1.807) is 6.08 Å². The molecule has 0 saturated heterocycles. The molecule has 0 aliphatic rings. The molecule has 0 rings (SSSR count). The third-order valence-corrected chi connectivity index (χ3v) is 2.76. The van der Waals surface area contributed by atoms with Gasteiger partial charge in [-0.25, -0.2) is 0 Å². The molecular formula is C17H34. The van der Waals surface area contributed by atoms with Crippen molar-refractivity contribution in [1.82, 2.24) is 0 Å². The molecule has 0 saturated carbocycles. The average molecular weight is 238 g/mol. The van der Waals surface area contributed by atoms with Crippen LogP contribution in [0, 0.1) is 0 Å². The molecular weight excluding hydrogens is 204 g/mol. The lowest BCUT2D eigenvalue weighted by Crippen LogP contribution is -1.81. The standard InChI is InChI=1S/C14H28.C3H6/c1-3-5-7-9-11-13-14-12-10-8-6-4-2;1-3-2/h3H,1,4-14H2,2H3;3H,1H2,2H3. The summed E-state index contributed by atoms with van der Waals surface area (Å²) in [6.07, 6.45) is 19.2. The Morgan fingerprint density at radius 2 is 1.06 bits per heavy atom. The van der Waals surface area contributed by atoms with E-state index in [4.69, 9.17) is 0 Å². The van der Waals surface area contributed by atoms with Crippen LogP contribution in [-0.4, -0.2) is 0 Å². The van der Waals surface area contributed by atoms with Crippen LogP contribution in [0.4, 0.5) is 0 Å². The maximum absolute atomic E-state index is 3.74. The molecule has 0 N–H and O–H groups in total. The largest absolute Gasteiger partial charge is 0.103 e. The van der Waals surface area contributed by atoms with E-state index in [1.165, 1.54) is 70.6 Å². The van der Waals surface area contributed by atoms with Crippen molar-refractivity contribution in [2.24, 2.45) is 0 Å². The molecule has 0 atom stereocenters. The van der Waals surface area contributed by atoms with Gasteiger partial charge >= 0.3 is 0 Å². The predicted octanol–water partition coefficient (Wildman–Crippen LogP) is 6.68. The van der Waals surface area contributed by atoms with E-state index in [-0.39, 0.29) is 0 Å². The highest BCUT2D eigenvalue weighted by atomic mass is 14.0. The fraction of sp³-hybridized carbons (Fsp3) is 0.765. The minimum atomic E-state index is 1.20. The molecule has 0 aliphatic heterocycles. The fourth-order valence-electron chi connectivity index (χ4n) is 1.78. The van der Waals surface area contributed by atoms with Crippen LogP contribution in [0.5, 0.6) is 0 Å². The van der Waals surface area contributed by atoms with Gasteiger partial charge in [0.15, 0.2) is 0 Å². The van der Waals surface area contributed by atoms with Crippen molar-refractivity contribution in [1.29, 1.82) is 0 Å². The molecule has 0 amide bonds. The highest BCUT2D eigenvalue weighted by molar-refractivity contribution is 4.65. The molecule has 17 heavy (non-hydrogen) atoms. The van der Waals surface area contributed by atoms with Gasteiger partial charge in [0.05, 0.1) is 0 Å². The SMILES string of the molecule is C=CC.C=CCCCCCCCCCCCC. The van der Waals surface area contributed by atoms with Gasteiger partial charge in [0.25, 0.3) is 0 Å². The molecule has 0 aliphatic carbocycles. The lowest BCUT2D eigenvalue weighted by molar-refractivity contribution is 0.558. The highest BCUT2D eigenvalue weighted by Gasteiger charge is 1.91. The first kappa shape index (κ1) is 18.8. The zero-order chi connectivity index (χ0) is 13.2. The van der Waals surface area contributed by atoms with Gasteiger partial charge in [0, 0.05) is 0 Å². The lowest BCUT2D eigenvalue weighted by atomic mass is 10.1. The maximum atomic E-state index is 3.74. The second kappa shape index (κ2) is 20.8. The van der Waals surface area contributed by atoms with Gasteiger partial charge in [-0.15, -0.1) is 13.2 Å². The van der Waals surface area contributed by atoms with E-state index < -0.39 is 0 Å². The third-order valence-electron chi connectivity index (χ3n) is 2.76. The van der Waals surface area contributed by atoms with Gasteiger partial charge in [-0.2, -0.15) is 0 Å². The molecule has 0 unspecified atom stereocenters. The minimum absolute atomic E-state index is 1.20. The summed E-state index contributed by atoms with van der Waals surface area (Å²) in [6.45, 7) is 11.3. The zero-order valence-corrected chi connectivity index (χ0v) is 12.3. The number of rotatable bonds is 11. The molecule has 0 spiro atoms. The summed E-state index contributed by atoms with van der Waals surface area (Å²) in [5.41, 5.74) is 0. The Bertz CT molecular complexity index is 135. The summed E-state index contributed by atoms with van der Waals surface area (Å²) >= 11 is 0. The molecule has 0 bridgehead atoms. The van der Waals surface area contributed by atoms with Gasteiger partial charge in [0.1, 0.15) is 0 Å². The van der Waals surface area contributed by atoms with Gasteiger partial charge in [-0.05, 0) is 19.8 Å². The summed E-state index contributed by atoms with van der Waals surface area (Å²) in [6, 6.07) is 0. The summed E-state index contributed by atoms with van der Waals surface area (Å²) in [7, 11) is 0. The third kappa shape index (κ3) is 25.6. The molecule has 0 fully saturated rings. The van der Waals surface area contributed by atoms with E-state index in [0.29, 0.717) is 0 Å². The van der Waals surface area contributed by atoms with Crippen LogP contribution in [0.2, 0.25) is 0 Å². The molecule has 0 radical (unpaired) electrons. The molecule has 0 aromatic heterocycles. The Morgan fingerprint density at radius 3 is 1.41 bits per heavy atom. The normalized spacial score (nSPS) is 9.29. The molecule has 0 nitrogen and oxygen atoms in total. The number of hydrogen-bond acceptors (Lipinski definition) is 0. The van der Waals surface area contributed by atoms with Gasteiger partial charge in [-0.3, -0.25) is 0 Å². The first-order valence-electron chi connectivity index (χ1n) is 7.51. The van der Waals surface area contributed by atoms with Crippen LogP contribution in [0.1, 0.15) is 84.5 Å². The summed E-state index contributed by atoms with van der Waals surface area (Å²) < 4.78 is 0. The Hall–Kier alpha value is -0.520. The summed E-state index contributed by atoms with van der Waals surface area (Å²) in [5.74, 6) is 0. The molecule has 0 heteroatoms. The number of allylic oxidation sites excluding steroid dienone is 2. The highest BCUT2D eigenvalue weighted by Crippen LogP contribution is 2.11. The number of hydrogen-bond donors (Lipinski definition) is 0. The first-order chi connectivity index (χ1) is 8.33. The van der Waals surface area contributed by atoms with Gasteiger partial charge in [0.2, 0.25) is 0 Å². The minimum Gasteiger partial charge on any atom is -0.103 e. The van der Waals surface area contributed by atoms with E-state index in [9.17, 15) is 0 Å². The van der Waals surface area contributed by atoms with Gasteiger partial charge in [-0.1, -0.05) is 76.9 Å². The van der Waals surface area contributed by atoms with Crippen LogP contribution < -0.4 is 0 Å². The van der Waals surface area contributed by atoms with Crippen LogP contribution in [-0.2, 0) is 0 Å². The van der Waals surface area contributed by atoms with Crippen molar-refractivity contribution in [3.05, 3.63) is 25.3 Å².